The van der Waals surface area contributed by atoms with E-state index in [-0.39, 0.29) is 11.7 Å². The zero-order valence-corrected chi connectivity index (χ0v) is 17.0. The van der Waals surface area contributed by atoms with Gasteiger partial charge in [0.25, 0.3) is 5.91 Å². The second-order valence-corrected chi connectivity index (χ2v) is 7.33. The van der Waals surface area contributed by atoms with Crippen LogP contribution >= 0.6 is 11.6 Å². The zero-order valence-electron chi connectivity index (χ0n) is 16.3. The number of rotatable bonds is 5. The van der Waals surface area contributed by atoms with Crippen LogP contribution in [0.15, 0.2) is 54.9 Å². The molecule has 0 radical (unpaired) electrons. The second-order valence-electron chi connectivity index (χ2n) is 6.89. The Morgan fingerprint density at radius 2 is 1.97 bits per heavy atom. The molecule has 0 aliphatic heterocycles. The van der Waals surface area contributed by atoms with Gasteiger partial charge in [-0.2, -0.15) is 0 Å². The van der Waals surface area contributed by atoms with Crippen LogP contribution in [0.4, 0.5) is 5.82 Å². The minimum absolute atomic E-state index is 0.116. The summed E-state index contributed by atoms with van der Waals surface area (Å²) in [4.78, 5) is 29.7. The number of nitrogens with two attached hydrogens (primary N) is 1. The molecule has 0 spiro atoms. The van der Waals surface area contributed by atoms with Gasteiger partial charge in [0, 0.05) is 47.2 Å². The molecule has 4 rings (SSSR count). The summed E-state index contributed by atoms with van der Waals surface area (Å²) in [7, 11) is 0. The minimum Gasteiger partial charge on any atom is -0.384 e. The Hall–Kier alpha value is -3.58. The normalized spacial score (nSPS) is 10.9. The van der Waals surface area contributed by atoms with Gasteiger partial charge in [-0.1, -0.05) is 17.7 Å². The molecule has 0 saturated carbocycles. The molecule has 0 fully saturated rings. The number of fused-ring (bicyclic) bond motifs is 1. The number of nitrogens with zero attached hydrogens (tertiary/aromatic N) is 4. The Morgan fingerprint density at radius 3 is 2.80 bits per heavy atom. The first-order valence-corrected chi connectivity index (χ1v) is 9.72. The lowest BCUT2D eigenvalue weighted by atomic mass is 10.1. The van der Waals surface area contributed by atoms with E-state index in [1.165, 1.54) is 0 Å². The number of nitrogen functional groups attached to an aromatic ring is 1. The van der Waals surface area contributed by atoms with E-state index in [0.29, 0.717) is 23.8 Å². The molecule has 0 aliphatic rings. The van der Waals surface area contributed by atoms with E-state index in [1.807, 2.05) is 37.3 Å². The number of anilines is 1. The Morgan fingerprint density at radius 1 is 1.10 bits per heavy atom. The van der Waals surface area contributed by atoms with E-state index >= 15 is 0 Å². The third kappa shape index (κ3) is 4.52. The van der Waals surface area contributed by atoms with Gasteiger partial charge in [-0.15, -0.1) is 0 Å². The van der Waals surface area contributed by atoms with Crippen molar-refractivity contribution in [1.29, 1.82) is 0 Å². The zero-order chi connectivity index (χ0) is 21.1. The van der Waals surface area contributed by atoms with Crippen LogP contribution < -0.4 is 11.1 Å². The molecular formula is C22H19ClN6O. The number of halogens is 1. The highest BCUT2D eigenvalue weighted by Crippen LogP contribution is 2.19. The second kappa shape index (κ2) is 8.42. The Kier molecular flexibility index (Phi) is 5.54. The molecule has 7 nitrogen and oxygen atoms in total. The average Bonchev–Trinajstić information content (AvgIpc) is 2.73. The fourth-order valence-electron chi connectivity index (χ4n) is 3.11. The monoisotopic (exact) mass is 418 g/mol. The predicted octanol–water partition coefficient (Wildman–Crippen LogP) is 3.48. The molecule has 3 heterocycles. The van der Waals surface area contributed by atoms with E-state index < -0.39 is 0 Å². The van der Waals surface area contributed by atoms with E-state index in [9.17, 15) is 4.79 Å². The summed E-state index contributed by atoms with van der Waals surface area (Å²) < 4.78 is 0. The SMILES string of the molecule is Cc1nc(N)ccc1CNC(=O)c1nccc(Cc2cnc3ccc(Cl)cc3c2)n1. The van der Waals surface area contributed by atoms with Gasteiger partial charge in [-0.25, -0.2) is 15.0 Å². The van der Waals surface area contributed by atoms with Gasteiger partial charge in [-0.05, 0) is 54.4 Å². The maximum absolute atomic E-state index is 12.5. The maximum atomic E-state index is 12.5. The number of hydrogen-bond acceptors (Lipinski definition) is 6. The highest BCUT2D eigenvalue weighted by Gasteiger charge is 2.11. The van der Waals surface area contributed by atoms with Crippen molar-refractivity contribution in [1.82, 2.24) is 25.3 Å². The van der Waals surface area contributed by atoms with E-state index in [2.05, 4.69) is 25.3 Å². The average molecular weight is 419 g/mol. The van der Waals surface area contributed by atoms with E-state index in [1.54, 1.807) is 24.5 Å². The molecule has 0 aliphatic carbocycles. The van der Waals surface area contributed by atoms with Crippen LogP contribution in [0.3, 0.4) is 0 Å². The van der Waals surface area contributed by atoms with Gasteiger partial charge in [0.1, 0.15) is 5.82 Å². The number of carbonyl (C=O) groups excluding carboxylic acids is 1. The summed E-state index contributed by atoms with van der Waals surface area (Å²) in [6, 6.07) is 12.9. The van der Waals surface area contributed by atoms with Crippen LogP contribution in [-0.4, -0.2) is 25.8 Å². The van der Waals surface area contributed by atoms with Crippen LogP contribution in [0.1, 0.15) is 33.1 Å². The lowest BCUT2D eigenvalue weighted by molar-refractivity contribution is 0.0940. The molecule has 8 heteroatoms. The Labute approximate surface area is 178 Å². The number of nitrogens with one attached hydrogen (secondary N) is 1. The van der Waals surface area contributed by atoms with Crippen molar-refractivity contribution < 1.29 is 4.79 Å². The number of carbonyl (C=O) groups is 1. The highest BCUT2D eigenvalue weighted by atomic mass is 35.5. The largest absolute Gasteiger partial charge is 0.384 e. The topological polar surface area (TPSA) is 107 Å². The predicted molar refractivity (Wildman–Crippen MR) is 116 cm³/mol. The van der Waals surface area contributed by atoms with Crippen molar-refractivity contribution in [2.24, 2.45) is 0 Å². The molecule has 30 heavy (non-hydrogen) atoms. The first-order chi connectivity index (χ1) is 14.5. The summed E-state index contributed by atoms with van der Waals surface area (Å²) in [5.41, 5.74) is 9.89. The van der Waals surface area contributed by atoms with Crippen LogP contribution in [-0.2, 0) is 13.0 Å². The first-order valence-electron chi connectivity index (χ1n) is 9.34. The number of benzene rings is 1. The molecule has 0 bridgehead atoms. The van der Waals surface area contributed by atoms with Crippen molar-refractivity contribution in [2.45, 2.75) is 19.9 Å². The number of aryl methyl sites for hydroxylation is 1. The molecule has 3 aromatic heterocycles. The van der Waals surface area contributed by atoms with Gasteiger partial charge >= 0.3 is 0 Å². The van der Waals surface area contributed by atoms with Crippen molar-refractivity contribution in [3.63, 3.8) is 0 Å². The maximum Gasteiger partial charge on any atom is 0.289 e. The van der Waals surface area contributed by atoms with Gasteiger partial charge in [0.05, 0.1) is 5.52 Å². The molecule has 0 atom stereocenters. The standard InChI is InChI=1S/C22H19ClN6O/c1-13-15(2-5-20(24)28-13)12-27-22(30)21-25-7-6-18(29-21)9-14-8-16-10-17(23)3-4-19(16)26-11-14/h2-8,10-11H,9,12H2,1H3,(H2,24,28)(H,27,30). The highest BCUT2D eigenvalue weighted by molar-refractivity contribution is 6.31. The van der Waals surface area contributed by atoms with Gasteiger partial charge in [-0.3, -0.25) is 9.78 Å². The fraction of sp³-hybridized carbons (Fsp3) is 0.136. The molecule has 150 valence electrons. The van der Waals surface area contributed by atoms with Gasteiger partial charge in [0.2, 0.25) is 5.82 Å². The molecule has 0 unspecified atom stereocenters. The fourth-order valence-corrected chi connectivity index (χ4v) is 3.29. The van der Waals surface area contributed by atoms with Crippen LogP contribution in [0, 0.1) is 6.92 Å². The quantitative estimate of drug-likeness (QED) is 0.513. The number of amides is 1. The third-order valence-electron chi connectivity index (χ3n) is 4.66. The van der Waals surface area contributed by atoms with E-state index in [0.717, 1.165) is 33.4 Å². The molecule has 1 aromatic carbocycles. The summed E-state index contributed by atoms with van der Waals surface area (Å²) in [6.07, 6.45) is 3.91. The summed E-state index contributed by atoms with van der Waals surface area (Å²) >= 11 is 6.08. The van der Waals surface area contributed by atoms with E-state index in [4.69, 9.17) is 17.3 Å². The summed E-state index contributed by atoms with van der Waals surface area (Å²) in [5, 5.41) is 4.44. The molecule has 1 amide bonds. The smallest absolute Gasteiger partial charge is 0.289 e. The minimum atomic E-state index is -0.350. The van der Waals surface area contributed by atoms with Crippen molar-refractivity contribution in [2.75, 3.05) is 5.73 Å². The molecule has 0 saturated heterocycles. The third-order valence-corrected chi connectivity index (χ3v) is 4.89. The van der Waals surface area contributed by atoms with Crippen molar-refractivity contribution >= 4 is 34.2 Å². The Bertz CT molecular complexity index is 1240. The van der Waals surface area contributed by atoms with Gasteiger partial charge in [0.15, 0.2) is 0 Å². The molecule has 4 aromatic rings. The van der Waals surface area contributed by atoms with Crippen molar-refractivity contribution in [3.05, 3.63) is 88.2 Å². The Balaban J connectivity index is 1.47. The van der Waals surface area contributed by atoms with Gasteiger partial charge < -0.3 is 11.1 Å². The molecule has 3 N–H and O–H groups in total. The van der Waals surface area contributed by atoms with Crippen LogP contribution in [0.2, 0.25) is 5.02 Å². The summed E-state index contributed by atoms with van der Waals surface area (Å²) in [5.74, 6) is 0.214. The number of hydrogen-bond donors (Lipinski definition) is 2. The lowest BCUT2D eigenvalue weighted by Crippen LogP contribution is -2.25. The number of aromatic nitrogens is 4. The molecular weight excluding hydrogens is 400 g/mol. The van der Waals surface area contributed by atoms with Crippen LogP contribution in [0.25, 0.3) is 10.9 Å². The first kappa shape index (κ1) is 19.7. The van der Waals surface area contributed by atoms with Crippen molar-refractivity contribution in [3.8, 4) is 0 Å². The number of pyridine rings is 2. The summed E-state index contributed by atoms with van der Waals surface area (Å²) in [6.45, 7) is 2.17. The lowest BCUT2D eigenvalue weighted by Gasteiger charge is -2.08. The van der Waals surface area contributed by atoms with Crippen LogP contribution in [0.5, 0.6) is 0 Å².